The molecular formula is C24H26N2O3. The van der Waals surface area contributed by atoms with Crippen molar-refractivity contribution in [2.75, 3.05) is 31.0 Å². The first kappa shape index (κ1) is 20.3. The predicted molar refractivity (Wildman–Crippen MR) is 117 cm³/mol. The molecular weight excluding hydrogens is 364 g/mol. The number of benzene rings is 3. The predicted octanol–water partition coefficient (Wildman–Crippen LogP) is 4.98. The van der Waals surface area contributed by atoms with Gasteiger partial charge in [-0.1, -0.05) is 36.4 Å². The zero-order valence-electron chi connectivity index (χ0n) is 17.0. The molecule has 0 atom stereocenters. The number of carbonyl (C=O) groups excluding carboxylic acids is 1. The number of amides is 1. The number of hydrogen-bond donors (Lipinski definition) is 1. The number of anilines is 2. The molecule has 3 rings (SSSR count). The second-order valence-corrected chi connectivity index (χ2v) is 6.54. The monoisotopic (exact) mass is 390 g/mol. The Morgan fingerprint density at radius 1 is 0.862 bits per heavy atom. The van der Waals surface area contributed by atoms with Crippen molar-refractivity contribution in [3.05, 3.63) is 83.9 Å². The largest absolute Gasteiger partial charge is 0.496 e. The lowest BCUT2D eigenvalue weighted by molar-refractivity contribution is 0.102. The molecule has 0 unspecified atom stereocenters. The van der Waals surface area contributed by atoms with E-state index < -0.39 is 0 Å². The molecule has 0 heterocycles. The van der Waals surface area contributed by atoms with Gasteiger partial charge in [-0.15, -0.1) is 0 Å². The quantitative estimate of drug-likeness (QED) is 0.589. The maximum Gasteiger partial charge on any atom is 0.263 e. The molecule has 3 aromatic rings. The van der Waals surface area contributed by atoms with E-state index in [1.54, 1.807) is 18.2 Å². The number of nitrogens with one attached hydrogen (secondary N) is 1. The number of ether oxygens (including phenoxy) is 2. The van der Waals surface area contributed by atoms with Gasteiger partial charge < -0.3 is 19.7 Å². The zero-order chi connectivity index (χ0) is 20.6. The van der Waals surface area contributed by atoms with Crippen LogP contribution in [-0.4, -0.2) is 26.7 Å². The average Bonchev–Trinajstić information content (AvgIpc) is 2.78. The van der Waals surface area contributed by atoms with Gasteiger partial charge in [-0.25, -0.2) is 0 Å². The van der Waals surface area contributed by atoms with Gasteiger partial charge in [0.15, 0.2) is 0 Å². The summed E-state index contributed by atoms with van der Waals surface area (Å²) in [6.07, 6.45) is 0. The van der Waals surface area contributed by atoms with Crippen LogP contribution >= 0.6 is 0 Å². The lowest BCUT2D eigenvalue weighted by Gasteiger charge is -2.23. The average molecular weight is 390 g/mol. The maximum atomic E-state index is 12.8. The summed E-state index contributed by atoms with van der Waals surface area (Å²) in [5, 5.41) is 2.92. The Morgan fingerprint density at radius 3 is 2.03 bits per heavy atom. The van der Waals surface area contributed by atoms with Gasteiger partial charge >= 0.3 is 0 Å². The van der Waals surface area contributed by atoms with Crippen LogP contribution in [0.25, 0.3) is 0 Å². The van der Waals surface area contributed by atoms with E-state index in [-0.39, 0.29) is 5.91 Å². The SMILES string of the molecule is CCN(Cc1ccccc1)c1ccc(NC(=O)c2c(OC)cccc2OC)cc1. The lowest BCUT2D eigenvalue weighted by Crippen LogP contribution is -2.22. The smallest absolute Gasteiger partial charge is 0.263 e. The van der Waals surface area contributed by atoms with Crippen LogP contribution in [0.5, 0.6) is 11.5 Å². The van der Waals surface area contributed by atoms with E-state index >= 15 is 0 Å². The van der Waals surface area contributed by atoms with E-state index in [4.69, 9.17) is 9.47 Å². The third-order valence-electron chi connectivity index (χ3n) is 4.74. The summed E-state index contributed by atoms with van der Waals surface area (Å²) < 4.78 is 10.6. The highest BCUT2D eigenvalue weighted by Gasteiger charge is 2.18. The van der Waals surface area contributed by atoms with Crippen molar-refractivity contribution >= 4 is 17.3 Å². The molecule has 0 aliphatic rings. The van der Waals surface area contributed by atoms with Crippen LogP contribution in [0.4, 0.5) is 11.4 Å². The molecule has 1 amide bonds. The van der Waals surface area contributed by atoms with Gasteiger partial charge in [-0.3, -0.25) is 4.79 Å². The van der Waals surface area contributed by atoms with Gasteiger partial charge in [0.05, 0.1) is 14.2 Å². The zero-order valence-corrected chi connectivity index (χ0v) is 17.0. The third-order valence-corrected chi connectivity index (χ3v) is 4.74. The maximum absolute atomic E-state index is 12.8. The van der Waals surface area contributed by atoms with Gasteiger partial charge in [0.25, 0.3) is 5.91 Å². The topological polar surface area (TPSA) is 50.8 Å². The summed E-state index contributed by atoms with van der Waals surface area (Å²) in [6, 6.07) is 23.5. The second kappa shape index (κ2) is 9.64. The number of methoxy groups -OCH3 is 2. The first-order valence-electron chi connectivity index (χ1n) is 9.57. The van der Waals surface area contributed by atoms with Crippen LogP contribution in [0, 0.1) is 0 Å². The fourth-order valence-corrected chi connectivity index (χ4v) is 3.21. The fraction of sp³-hybridized carbons (Fsp3) is 0.208. The van der Waals surface area contributed by atoms with Crippen molar-refractivity contribution in [3.8, 4) is 11.5 Å². The van der Waals surface area contributed by atoms with Crippen LogP contribution in [0.1, 0.15) is 22.8 Å². The summed E-state index contributed by atoms with van der Waals surface area (Å²) in [5.41, 5.74) is 3.45. The summed E-state index contributed by atoms with van der Waals surface area (Å²) in [5.74, 6) is 0.667. The molecule has 1 N–H and O–H groups in total. The van der Waals surface area contributed by atoms with Crippen molar-refractivity contribution in [2.45, 2.75) is 13.5 Å². The van der Waals surface area contributed by atoms with Gasteiger partial charge in [-0.05, 0) is 48.9 Å². The number of carbonyl (C=O) groups is 1. The molecule has 5 nitrogen and oxygen atoms in total. The van der Waals surface area contributed by atoms with Crippen LogP contribution in [0.15, 0.2) is 72.8 Å². The Hall–Kier alpha value is -3.47. The summed E-state index contributed by atoms with van der Waals surface area (Å²) >= 11 is 0. The number of nitrogens with zero attached hydrogens (tertiary/aromatic N) is 1. The molecule has 0 aliphatic carbocycles. The first-order valence-corrected chi connectivity index (χ1v) is 9.57. The van der Waals surface area contributed by atoms with Gasteiger partial charge in [0.2, 0.25) is 0 Å². The molecule has 29 heavy (non-hydrogen) atoms. The molecule has 0 spiro atoms. The van der Waals surface area contributed by atoms with Crippen molar-refractivity contribution in [1.82, 2.24) is 0 Å². The molecule has 150 valence electrons. The number of rotatable bonds is 8. The molecule has 0 aromatic heterocycles. The number of hydrogen-bond acceptors (Lipinski definition) is 4. The molecule has 3 aromatic carbocycles. The van der Waals surface area contributed by atoms with Crippen molar-refractivity contribution < 1.29 is 14.3 Å². The lowest BCUT2D eigenvalue weighted by atomic mass is 10.1. The normalized spacial score (nSPS) is 10.3. The minimum atomic E-state index is -0.274. The van der Waals surface area contributed by atoms with E-state index in [0.29, 0.717) is 22.7 Å². The first-order chi connectivity index (χ1) is 14.2. The highest BCUT2D eigenvalue weighted by atomic mass is 16.5. The van der Waals surface area contributed by atoms with Crippen molar-refractivity contribution in [2.24, 2.45) is 0 Å². The Bertz CT molecular complexity index is 918. The van der Waals surface area contributed by atoms with E-state index in [1.165, 1.54) is 19.8 Å². The van der Waals surface area contributed by atoms with Gasteiger partial charge in [-0.2, -0.15) is 0 Å². The van der Waals surface area contributed by atoms with Crippen LogP contribution in [-0.2, 0) is 6.54 Å². The minimum absolute atomic E-state index is 0.274. The molecule has 0 saturated carbocycles. The molecule has 5 heteroatoms. The van der Waals surface area contributed by atoms with Crippen molar-refractivity contribution in [1.29, 1.82) is 0 Å². The van der Waals surface area contributed by atoms with Crippen LogP contribution in [0.3, 0.4) is 0 Å². The molecule has 0 radical (unpaired) electrons. The summed E-state index contributed by atoms with van der Waals surface area (Å²) in [7, 11) is 3.07. The van der Waals surface area contributed by atoms with Crippen molar-refractivity contribution in [3.63, 3.8) is 0 Å². The van der Waals surface area contributed by atoms with Crippen LogP contribution < -0.4 is 19.7 Å². The third kappa shape index (κ3) is 4.88. The summed E-state index contributed by atoms with van der Waals surface area (Å²) in [6.45, 7) is 3.85. The molecule has 0 saturated heterocycles. The molecule has 0 aliphatic heterocycles. The second-order valence-electron chi connectivity index (χ2n) is 6.54. The minimum Gasteiger partial charge on any atom is -0.496 e. The Balaban J connectivity index is 1.74. The Labute approximate surface area is 171 Å². The van der Waals surface area contributed by atoms with Gasteiger partial charge in [0.1, 0.15) is 17.1 Å². The van der Waals surface area contributed by atoms with Crippen LogP contribution in [0.2, 0.25) is 0 Å². The summed E-state index contributed by atoms with van der Waals surface area (Å²) in [4.78, 5) is 15.1. The Kier molecular flexibility index (Phi) is 6.74. The van der Waals surface area contributed by atoms with E-state index in [2.05, 4.69) is 29.3 Å². The van der Waals surface area contributed by atoms with E-state index in [1.807, 2.05) is 42.5 Å². The van der Waals surface area contributed by atoms with E-state index in [0.717, 1.165) is 18.8 Å². The fourth-order valence-electron chi connectivity index (χ4n) is 3.21. The standard InChI is InChI=1S/C24H26N2O3/c1-4-26(17-18-9-6-5-7-10-18)20-15-13-19(14-16-20)25-24(27)23-21(28-2)11-8-12-22(23)29-3/h5-16H,4,17H2,1-3H3,(H,25,27). The highest BCUT2D eigenvalue weighted by Crippen LogP contribution is 2.29. The highest BCUT2D eigenvalue weighted by molar-refractivity contribution is 6.08. The molecule has 0 fully saturated rings. The Morgan fingerprint density at radius 2 is 1.48 bits per heavy atom. The van der Waals surface area contributed by atoms with Gasteiger partial charge in [0, 0.05) is 24.5 Å². The van der Waals surface area contributed by atoms with E-state index in [9.17, 15) is 4.79 Å². The molecule has 0 bridgehead atoms.